The van der Waals surface area contributed by atoms with Crippen LogP contribution >= 0.6 is 11.3 Å². The second-order valence-corrected chi connectivity index (χ2v) is 13.9. The largest absolute Gasteiger partial charge is 0.506 e. The highest BCUT2D eigenvalue weighted by Crippen LogP contribution is 2.40. The molecule has 2 saturated heterocycles. The van der Waals surface area contributed by atoms with Gasteiger partial charge in [0.05, 0.1) is 17.1 Å². The molecular weight excluding hydrogens is 600 g/mol. The number of thiazole rings is 1. The number of amides is 1. The van der Waals surface area contributed by atoms with Crippen LogP contribution in [0.4, 0.5) is 0 Å². The molecule has 2 fully saturated rings. The number of phenolic OH excluding ortho intramolecular Hbond substituents is 1. The number of phenols is 1. The number of aliphatic hydroxyl groups is 1. The predicted octanol–water partition coefficient (Wildman–Crippen LogP) is 5.43. The van der Waals surface area contributed by atoms with E-state index in [1.54, 1.807) is 12.3 Å². The molecule has 0 saturated carbocycles. The number of hydrogen-bond acceptors (Lipinski definition) is 8. The van der Waals surface area contributed by atoms with Crippen LogP contribution in [0.3, 0.4) is 0 Å². The summed E-state index contributed by atoms with van der Waals surface area (Å²) in [6.45, 7) is 5.71. The molecule has 3 aromatic carbocycles. The van der Waals surface area contributed by atoms with Gasteiger partial charge in [-0.05, 0) is 98.6 Å². The Bertz CT molecular complexity index is 1900. The third-order valence-corrected chi connectivity index (χ3v) is 10.8. The van der Waals surface area contributed by atoms with Crippen molar-refractivity contribution in [2.24, 2.45) is 5.41 Å². The molecule has 5 aromatic rings. The van der Waals surface area contributed by atoms with Crippen molar-refractivity contribution in [3.05, 3.63) is 98.8 Å². The summed E-state index contributed by atoms with van der Waals surface area (Å²) >= 11 is 0.999. The van der Waals surface area contributed by atoms with Crippen molar-refractivity contribution in [1.29, 1.82) is 0 Å². The molecule has 1 atom stereocenters. The highest BCUT2D eigenvalue weighted by molar-refractivity contribution is 7.16. The molecule has 0 radical (unpaired) electrons. The Morgan fingerprint density at radius 2 is 1.89 bits per heavy atom. The standard InChI is InChI=1S/C36H40N4O5S/c41-29-7-6-28(33-32(29)38-35(44)46-33)30(42)21-37-14-9-24-3-1-4-25(19-24)22-39-16-12-36(13-17-39)11-2-15-40(23-36)34(43)27-5-8-31-26(20-27)10-18-45-31/h1,3-8,10,18-20,30,37,41-42H,2,9,11-17,21-23H2,(H,38,44)/t30-/m0/s1. The molecule has 0 unspecified atom stereocenters. The number of piperidine rings is 2. The molecule has 1 spiro atoms. The monoisotopic (exact) mass is 640 g/mol. The van der Waals surface area contributed by atoms with E-state index in [-0.39, 0.29) is 21.9 Å². The van der Waals surface area contributed by atoms with E-state index in [0.29, 0.717) is 28.9 Å². The van der Waals surface area contributed by atoms with E-state index in [0.717, 1.165) is 86.3 Å². The highest BCUT2D eigenvalue weighted by atomic mass is 32.1. The number of furan rings is 1. The van der Waals surface area contributed by atoms with Crippen molar-refractivity contribution in [1.82, 2.24) is 20.1 Å². The van der Waals surface area contributed by atoms with Crippen LogP contribution in [0.25, 0.3) is 21.2 Å². The number of carbonyl (C=O) groups excluding carboxylic acids is 1. The lowest BCUT2D eigenvalue weighted by molar-refractivity contribution is 0.0198. The first kappa shape index (κ1) is 30.7. The SMILES string of the molecule is O=C(c1ccc2occc2c1)N1CCCC2(CCN(Cc3cccc(CCNC[C@H](O)c4ccc(O)c5[nH]c(=O)sc45)c3)CC2)C1. The quantitative estimate of drug-likeness (QED) is 0.159. The van der Waals surface area contributed by atoms with Crippen LogP contribution in [0.1, 0.15) is 58.8 Å². The van der Waals surface area contributed by atoms with E-state index in [4.69, 9.17) is 4.42 Å². The van der Waals surface area contributed by atoms with Crippen molar-refractivity contribution in [2.75, 3.05) is 39.3 Å². The summed E-state index contributed by atoms with van der Waals surface area (Å²) in [5.41, 5.74) is 5.31. The van der Waals surface area contributed by atoms with Gasteiger partial charge in [-0.25, -0.2) is 0 Å². The van der Waals surface area contributed by atoms with E-state index in [1.165, 1.54) is 23.6 Å². The van der Waals surface area contributed by atoms with Crippen molar-refractivity contribution >= 4 is 38.4 Å². The molecule has 4 N–H and O–H groups in total. The first-order chi connectivity index (χ1) is 22.4. The Kier molecular flexibility index (Phi) is 8.70. The summed E-state index contributed by atoms with van der Waals surface area (Å²) in [6.07, 6.45) is 6.17. The fourth-order valence-electron chi connectivity index (χ4n) is 7.28. The Morgan fingerprint density at radius 3 is 2.76 bits per heavy atom. The van der Waals surface area contributed by atoms with Gasteiger partial charge in [0, 0.05) is 42.7 Å². The maximum Gasteiger partial charge on any atom is 0.305 e. The fraction of sp³-hybridized carbons (Fsp3) is 0.389. The maximum atomic E-state index is 13.4. The van der Waals surface area contributed by atoms with E-state index in [2.05, 4.69) is 44.4 Å². The zero-order valence-corrected chi connectivity index (χ0v) is 26.7. The molecule has 0 bridgehead atoms. The third-order valence-electron chi connectivity index (χ3n) is 9.84. The molecule has 10 heteroatoms. The zero-order chi connectivity index (χ0) is 31.7. The minimum atomic E-state index is -0.788. The number of aromatic hydroxyl groups is 1. The Hall–Kier alpha value is -3.96. The number of nitrogens with one attached hydrogen (secondary N) is 2. The first-order valence-corrected chi connectivity index (χ1v) is 17.0. The number of H-pyrrole nitrogens is 1. The van der Waals surface area contributed by atoms with Crippen molar-refractivity contribution in [2.45, 2.75) is 44.8 Å². The highest BCUT2D eigenvalue weighted by Gasteiger charge is 2.39. The number of aliphatic hydroxyl groups excluding tert-OH is 1. The van der Waals surface area contributed by atoms with Gasteiger partial charge in [-0.15, -0.1) is 0 Å². The third kappa shape index (κ3) is 6.48. The number of aromatic amines is 1. The number of carbonyl (C=O) groups is 1. The normalized spacial score (nSPS) is 17.6. The first-order valence-electron chi connectivity index (χ1n) is 16.2. The summed E-state index contributed by atoms with van der Waals surface area (Å²) in [5, 5.41) is 25.1. The fourth-order valence-corrected chi connectivity index (χ4v) is 8.20. The summed E-state index contributed by atoms with van der Waals surface area (Å²) < 4.78 is 6.04. The molecule has 7 rings (SSSR count). The molecule has 1 amide bonds. The predicted molar refractivity (Wildman–Crippen MR) is 180 cm³/mol. The molecule has 2 aliphatic heterocycles. The Labute approximate surface area is 271 Å². The second-order valence-electron chi connectivity index (χ2n) is 13.0. The van der Waals surface area contributed by atoms with Gasteiger partial charge >= 0.3 is 4.87 Å². The summed E-state index contributed by atoms with van der Waals surface area (Å²) in [7, 11) is 0. The van der Waals surface area contributed by atoms with Gasteiger partial charge in [0.1, 0.15) is 16.8 Å². The number of fused-ring (bicyclic) bond motifs is 2. The van der Waals surface area contributed by atoms with Crippen LogP contribution in [-0.2, 0) is 13.0 Å². The number of rotatable bonds is 9. The summed E-state index contributed by atoms with van der Waals surface area (Å²) in [6, 6.07) is 19.6. The molecule has 2 aromatic heterocycles. The van der Waals surface area contributed by atoms with Crippen LogP contribution in [-0.4, -0.2) is 70.2 Å². The number of hydrogen-bond donors (Lipinski definition) is 4. The van der Waals surface area contributed by atoms with Crippen LogP contribution < -0.4 is 10.2 Å². The van der Waals surface area contributed by atoms with E-state index in [1.807, 2.05) is 24.3 Å². The Morgan fingerprint density at radius 1 is 1.04 bits per heavy atom. The minimum Gasteiger partial charge on any atom is -0.506 e. The zero-order valence-electron chi connectivity index (χ0n) is 25.8. The molecule has 2 aliphatic rings. The van der Waals surface area contributed by atoms with Crippen LogP contribution in [0, 0.1) is 5.41 Å². The maximum absolute atomic E-state index is 13.4. The minimum absolute atomic E-state index is 0.00842. The van der Waals surface area contributed by atoms with E-state index in [9.17, 15) is 19.8 Å². The van der Waals surface area contributed by atoms with Gasteiger partial charge in [0.25, 0.3) is 5.91 Å². The summed E-state index contributed by atoms with van der Waals surface area (Å²) in [5.74, 6) is 0.135. The molecule has 9 nitrogen and oxygen atoms in total. The van der Waals surface area contributed by atoms with Gasteiger partial charge in [0.15, 0.2) is 0 Å². The van der Waals surface area contributed by atoms with Gasteiger partial charge in [-0.3, -0.25) is 14.5 Å². The molecule has 240 valence electrons. The lowest BCUT2D eigenvalue weighted by Gasteiger charge is -2.47. The van der Waals surface area contributed by atoms with E-state index < -0.39 is 6.10 Å². The number of benzene rings is 3. The second kappa shape index (κ2) is 13.0. The lowest BCUT2D eigenvalue weighted by Crippen LogP contribution is -2.51. The van der Waals surface area contributed by atoms with Crippen molar-refractivity contribution < 1.29 is 19.4 Å². The smallest absolute Gasteiger partial charge is 0.305 e. The van der Waals surface area contributed by atoms with Crippen LogP contribution in [0.2, 0.25) is 0 Å². The van der Waals surface area contributed by atoms with Gasteiger partial charge in [-0.1, -0.05) is 41.7 Å². The number of nitrogens with zero attached hydrogens (tertiary/aromatic N) is 2. The molecular formula is C36H40N4O5S. The van der Waals surface area contributed by atoms with Gasteiger partial charge < -0.3 is 29.8 Å². The molecule has 0 aliphatic carbocycles. The van der Waals surface area contributed by atoms with Crippen LogP contribution in [0.15, 0.2) is 76.1 Å². The Balaban J connectivity index is 0.886. The number of aromatic nitrogens is 1. The number of likely N-dealkylation sites (tertiary alicyclic amines) is 2. The topological polar surface area (TPSA) is 122 Å². The van der Waals surface area contributed by atoms with Crippen LogP contribution in [0.5, 0.6) is 5.75 Å². The van der Waals surface area contributed by atoms with Gasteiger partial charge in [0.2, 0.25) is 0 Å². The molecule has 46 heavy (non-hydrogen) atoms. The average molecular weight is 641 g/mol. The van der Waals surface area contributed by atoms with Crippen molar-refractivity contribution in [3.8, 4) is 5.75 Å². The summed E-state index contributed by atoms with van der Waals surface area (Å²) in [4.78, 5) is 32.2. The average Bonchev–Trinajstić information content (AvgIpc) is 3.71. The molecule has 4 heterocycles. The van der Waals surface area contributed by atoms with Crippen molar-refractivity contribution in [3.63, 3.8) is 0 Å². The van der Waals surface area contributed by atoms with Gasteiger partial charge in [-0.2, -0.15) is 0 Å². The lowest BCUT2D eigenvalue weighted by atomic mass is 9.72. The van der Waals surface area contributed by atoms with E-state index >= 15 is 0 Å².